The van der Waals surface area contributed by atoms with Gasteiger partial charge in [-0.3, -0.25) is 0 Å². The summed E-state index contributed by atoms with van der Waals surface area (Å²) in [6.45, 7) is 0. The van der Waals surface area contributed by atoms with E-state index < -0.39 is 0 Å². The highest BCUT2D eigenvalue weighted by Gasteiger charge is 2.24. The third-order valence-electron chi connectivity index (χ3n) is 14.7. The van der Waals surface area contributed by atoms with Crippen LogP contribution in [0, 0.1) is 0 Å². The van der Waals surface area contributed by atoms with Crippen molar-refractivity contribution in [1.82, 2.24) is 0 Å². The van der Waals surface area contributed by atoms with Crippen molar-refractivity contribution in [2.75, 3.05) is 9.80 Å². The Morgan fingerprint density at radius 2 is 0.649 bits per heavy atom. The van der Waals surface area contributed by atoms with Crippen LogP contribution in [0.4, 0.5) is 34.1 Å². The number of allylic oxidation sites excluding steroid dienone is 4. The Bertz CT molecular complexity index is 3920. The van der Waals surface area contributed by atoms with Gasteiger partial charge in [0.2, 0.25) is 0 Å². The zero-order valence-electron chi connectivity index (χ0n) is 41.0. The molecule has 0 fully saturated rings. The predicted octanol–water partition coefficient (Wildman–Crippen LogP) is 20.5. The first-order chi connectivity index (χ1) is 36.7. The standard InChI is InChI=1S/C72H52N2/c1-8-22-53(23-9-1)66-50-67(54-24-10-2-11-25-54)71-64-46-40-56(51-36-42-62(43-37-51)73(58-28-14-4-15-29-58)59-30-16-5-17-31-59)48-68(64)69-49-57(41-47-65(69)72(71)70(66)55-26-12-3-13-27-55)52-38-44-63(45-39-52)74(60-32-18-6-19-33-60)61-34-20-7-21-35-61/h1-10,12-24,26-50H,11,25H2. The first-order valence-corrected chi connectivity index (χ1v) is 25.7. The van der Waals surface area contributed by atoms with E-state index in [4.69, 9.17) is 0 Å². The fourth-order valence-corrected chi connectivity index (χ4v) is 11.2. The van der Waals surface area contributed by atoms with Crippen molar-refractivity contribution in [2.45, 2.75) is 12.8 Å². The molecule has 74 heavy (non-hydrogen) atoms. The van der Waals surface area contributed by atoms with Gasteiger partial charge >= 0.3 is 0 Å². The van der Waals surface area contributed by atoms with Crippen molar-refractivity contribution in [2.24, 2.45) is 0 Å². The van der Waals surface area contributed by atoms with Gasteiger partial charge in [0, 0.05) is 34.1 Å². The maximum Gasteiger partial charge on any atom is 0.0462 e. The fraction of sp³-hybridized carbons (Fsp3) is 0.0278. The third-order valence-corrected chi connectivity index (χ3v) is 14.7. The topological polar surface area (TPSA) is 6.48 Å². The molecule has 0 aliphatic heterocycles. The van der Waals surface area contributed by atoms with Gasteiger partial charge in [-0.2, -0.15) is 0 Å². The minimum absolute atomic E-state index is 0.984. The van der Waals surface area contributed by atoms with Crippen LogP contribution in [0.25, 0.3) is 82.4 Å². The number of fused-ring (bicyclic) bond motifs is 6. The molecule has 0 spiro atoms. The van der Waals surface area contributed by atoms with Crippen LogP contribution in [0.5, 0.6) is 0 Å². The monoisotopic (exact) mass is 944 g/mol. The van der Waals surface area contributed by atoms with Gasteiger partial charge in [-0.05, 0) is 192 Å². The highest BCUT2D eigenvalue weighted by atomic mass is 15.1. The summed E-state index contributed by atoms with van der Waals surface area (Å²) in [5, 5.41) is 7.55. The van der Waals surface area contributed by atoms with Gasteiger partial charge in [0.25, 0.3) is 0 Å². The molecule has 1 aliphatic rings. The summed E-state index contributed by atoms with van der Waals surface area (Å²) in [6, 6.07) is 99.6. The van der Waals surface area contributed by atoms with Crippen molar-refractivity contribution in [1.29, 1.82) is 0 Å². The number of anilines is 6. The van der Waals surface area contributed by atoms with Crippen molar-refractivity contribution in [3.05, 3.63) is 297 Å². The van der Waals surface area contributed by atoms with E-state index in [0.717, 1.165) is 47.0 Å². The first-order valence-electron chi connectivity index (χ1n) is 25.7. The molecule has 0 unspecified atom stereocenters. The highest BCUT2D eigenvalue weighted by Crippen LogP contribution is 2.50. The number of rotatable bonds is 11. The first kappa shape index (κ1) is 44.4. The molecule has 0 saturated carbocycles. The summed E-state index contributed by atoms with van der Waals surface area (Å²) in [6.07, 6.45) is 8.89. The molecule has 0 aromatic heterocycles. The van der Waals surface area contributed by atoms with E-state index in [2.05, 4.69) is 301 Å². The molecular formula is C72H52N2. The molecule has 12 aromatic rings. The van der Waals surface area contributed by atoms with Crippen molar-refractivity contribution in [3.8, 4) is 44.5 Å². The van der Waals surface area contributed by atoms with Gasteiger partial charge in [0.15, 0.2) is 0 Å². The Morgan fingerprint density at radius 1 is 0.270 bits per heavy atom. The average molecular weight is 945 g/mol. The van der Waals surface area contributed by atoms with Crippen LogP contribution in [0.2, 0.25) is 0 Å². The van der Waals surface area contributed by atoms with Crippen molar-refractivity contribution < 1.29 is 0 Å². The SMILES string of the molecule is C1=CCCC(c2cc(-c3ccccc3)c(-c3ccccc3)c3c4ccc(-c5ccc(N(c6ccccc6)c6ccccc6)cc5)cc4c4cc(-c5ccc(N(c6ccccc6)c6ccccc6)cc5)ccc4c23)=C1. The Morgan fingerprint density at radius 3 is 1.07 bits per heavy atom. The van der Waals surface area contributed by atoms with E-state index in [1.54, 1.807) is 0 Å². The number of hydrogen-bond donors (Lipinski definition) is 0. The molecule has 350 valence electrons. The van der Waals surface area contributed by atoms with Gasteiger partial charge in [-0.15, -0.1) is 0 Å². The average Bonchev–Trinajstić information content (AvgIpc) is 3.55. The molecule has 1 aliphatic carbocycles. The molecule has 12 aromatic carbocycles. The number of hydrogen-bond acceptors (Lipinski definition) is 2. The summed E-state index contributed by atoms with van der Waals surface area (Å²) in [5.74, 6) is 0. The van der Waals surface area contributed by atoms with E-state index in [1.807, 2.05) is 0 Å². The summed E-state index contributed by atoms with van der Waals surface area (Å²) in [5.41, 5.74) is 19.0. The van der Waals surface area contributed by atoms with Crippen LogP contribution < -0.4 is 9.80 Å². The zero-order chi connectivity index (χ0) is 49.2. The molecule has 0 N–H and O–H groups in total. The van der Waals surface area contributed by atoms with Crippen LogP contribution in [0.3, 0.4) is 0 Å². The van der Waals surface area contributed by atoms with E-state index in [0.29, 0.717) is 0 Å². The van der Waals surface area contributed by atoms with E-state index in [9.17, 15) is 0 Å². The summed E-state index contributed by atoms with van der Waals surface area (Å²) >= 11 is 0. The summed E-state index contributed by atoms with van der Waals surface area (Å²) < 4.78 is 0. The van der Waals surface area contributed by atoms with E-state index in [1.165, 1.54) is 88.0 Å². The lowest BCUT2D eigenvalue weighted by Gasteiger charge is -2.25. The number of nitrogens with zero attached hydrogens (tertiary/aromatic N) is 2. The van der Waals surface area contributed by atoms with E-state index >= 15 is 0 Å². The number of benzene rings is 12. The van der Waals surface area contributed by atoms with Crippen LogP contribution in [-0.4, -0.2) is 0 Å². The highest BCUT2D eigenvalue weighted by molar-refractivity contribution is 6.32. The Balaban J connectivity index is 1.04. The summed E-state index contributed by atoms with van der Waals surface area (Å²) in [7, 11) is 0. The molecule has 2 nitrogen and oxygen atoms in total. The largest absolute Gasteiger partial charge is 0.311 e. The van der Waals surface area contributed by atoms with Crippen molar-refractivity contribution >= 4 is 72.0 Å². The quantitative estimate of drug-likeness (QED) is 0.119. The molecule has 0 amide bonds. The summed E-state index contributed by atoms with van der Waals surface area (Å²) in [4.78, 5) is 4.65. The maximum absolute atomic E-state index is 2.50. The van der Waals surface area contributed by atoms with Gasteiger partial charge in [0.1, 0.15) is 0 Å². The smallest absolute Gasteiger partial charge is 0.0462 e. The molecule has 2 heteroatoms. The molecule has 0 heterocycles. The normalized spacial score (nSPS) is 12.2. The minimum Gasteiger partial charge on any atom is -0.311 e. The molecule has 13 rings (SSSR count). The van der Waals surface area contributed by atoms with Crippen LogP contribution in [-0.2, 0) is 0 Å². The second-order valence-electron chi connectivity index (χ2n) is 19.1. The van der Waals surface area contributed by atoms with E-state index in [-0.39, 0.29) is 0 Å². The Labute approximate surface area is 433 Å². The molecule has 0 bridgehead atoms. The van der Waals surface area contributed by atoms with Crippen molar-refractivity contribution in [3.63, 3.8) is 0 Å². The van der Waals surface area contributed by atoms with Crippen LogP contribution in [0.1, 0.15) is 18.4 Å². The lowest BCUT2D eigenvalue weighted by atomic mass is 9.79. The Hall–Kier alpha value is -9.50. The molecular weight excluding hydrogens is 893 g/mol. The van der Waals surface area contributed by atoms with Gasteiger partial charge in [0.05, 0.1) is 0 Å². The third kappa shape index (κ3) is 8.33. The zero-order valence-corrected chi connectivity index (χ0v) is 41.0. The maximum atomic E-state index is 2.50. The number of para-hydroxylation sites is 4. The van der Waals surface area contributed by atoms with Gasteiger partial charge in [-0.25, -0.2) is 0 Å². The predicted molar refractivity (Wildman–Crippen MR) is 316 cm³/mol. The molecule has 0 radical (unpaired) electrons. The fourth-order valence-electron chi connectivity index (χ4n) is 11.2. The van der Waals surface area contributed by atoms with Crippen LogP contribution >= 0.6 is 0 Å². The minimum atomic E-state index is 0.984. The second kappa shape index (κ2) is 19.6. The molecule has 0 saturated heterocycles. The lowest BCUT2D eigenvalue weighted by Crippen LogP contribution is -2.09. The lowest BCUT2D eigenvalue weighted by molar-refractivity contribution is 1.06. The van der Waals surface area contributed by atoms with Gasteiger partial charge < -0.3 is 9.80 Å². The van der Waals surface area contributed by atoms with Gasteiger partial charge in [-0.1, -0.05) is 200 Å². The molecule has 0 atom stereocenters. The van der Waals surface area contributed by atoms with Crippen LogP contribution in [0.15, 0.2) is 291 Å². The Kier molecular flexibility index (Phi) is 11.8. The second-order valence-corrected chi connectivity index (χ2v) is 19.1.